The summed E-state index contributed by atoms with van der Waals surface area (Å²) in [5.41, 5.74) is -0.593. The molecule has 1 saturated heterocycles. The number of carbonyl (C=O) groups excluding carboxylic acids is 1. The summed E-state index contributed by atoms with van der Waals surface area (Å²) in [7, 11) is 1.47. The van der Waals surface area contributed by atoms with E-state index >= 15 is 0 Å². The van der Waals surface area contributed by atoms with E-state index in [0.717, 1.165) is 0 Å². The number of hydrogen-bond acceptors (Lipinski definition) is 4. The summed E-state index contributed by atoms with van der Waals surface area (Å²) in [4.78, 5) is 12.0. The van der Waals surface area contributed by atoms with Crippen molar-refractivity contribution >= 4 is 17.5 Å². The zero-order valence-electron chi connectivity index (χ0n) is 10.6. The zero-order valence-corrected chi connectivity index (χ0v) is 11.4. The standard InChI is InChI=1S/C13H16ClNO4/c1-18-11-6-9(14)2-3-10(11)12(16)15-7-13(17)4-5-19-8-13/h2-3,6,17H,4-5,7-8H2,1H3,(H,15,16). The topological polar surface area (TPSA) is 67.8 Å². The number of aliphatic hydroxyl groups is 1. The molecule has 1 fully saturated rings. The fourth-order valence-electron chi connectivity index (χ4n) is 1.93. The molecular weight excluding hydrogens is 270 g/mol. The molecule has 1 unspecified atom stereocenters. The molecule has 0 aromatic heterocycles. The third kappa shape index (κ3) is 3.37. The summed E-state index contributed by atoms with van der Waals surface area (Å²) in [6.07, 6.45) is 0.519. The lowest BCUT2D eigenvalue weighted by atomic mass is 10.0. The molecule has 1 aromatic rings. The van der Waals surface area contributed by atoms with Crippen LogP contribution in [0.2, 0.25) is 5.02 Å². The number of nitrogens with one attached hydrogen (secondary N) is 1. The Morgan fingerprint density at radius 3 is 3.05 bits per heavy atom. The molecule has 1 heterocycles. The van der Waals surface area contributed by atoms with E-state index in [-0.39, 0.29) is 19.1 Å². The first-order valence-electron chi connectivity index (χ1n) is 5.96. The molecule has 1 aromatic carbocycles. The van der Waals surface area contributed by atoms with Crippen molar-refractivity contribution in [3.05, 3.63) is 28.8 Å². The van der Waals surface area contributed by atoms with Gasteiger partial charge in [0.1, 0.15) is 11.4 Å². The quantitative estimate of drug-likeness (QED) is 0.873. The molecule has 1 aliphatic heterocycles. The third-order valence-corrected chi connectivity index (χ3v) is 3.30. The number of rotatable bonds is 4. The lowest BCUT2D eigenvalue weighted by Gasteiger charge is -2.21. The van der Waals surface area contributed by atoms with Crippen LogP contribution in [0.1, 0.15) is 16.8 Å². The predicted molar refractivity (Wildman–Crippen MR) is 70.7 cm³/mol. The Bertz CT molecular complexity index is 472. The molecule has 1 amide bonds. The molecule has 0 spiro atoms. The van der Waals surface area contributed by atoms with Gasteiger partial charge in [0, 0.05) is 24.6 Å². The second-order valence-corrected chi connectivity index (χ2v) is 4.99. The Balaban J connectivity index is 2.03. The van der Waals surface area contributed by atoms with Crippen LogP contribution in [0.4, 0.5) is 0 Å². The van der Waals surface area contributed by atoms with E-state index in [9.17, 15) is 9.90 Å². The van der Waals surface area contributed by atoms with Gasteiger partial charge >= 0.3 is 0 Å². The molecule has 1 aliphatic rings. The van der Waals surface area contributed by atoms with Crippen molar-refractivity contribution in [1.29, 1.82) is 0 Å². The second-order valence-electron chi connectivity index (χ2n) is 4.55. The molecule has 0 saturated carbocycles. The van der Waals surface area contributed by atoms with Gasteiger partial charge in [0.05, 0.1) is 19.3 Å². The minimum Gasteiger partial charge on any atom is -0.496 e. The maximum atomic E-state index is 12.0. The average molecular weight is 286 g/mol. The van der Waals surface area contributed by atoms with Crippen molar-refractivity contribution in [3.8, 4) is 5.75 Å². The van der Waals surface area contributed by atoms with E-state index < -0.39 is 5.60 Å². The number of halogens is 1. The maximum Gasteiger partial charge on any atom is 0.255 e. The van der Waals surface area contributed by atoms with Gasteiger partial charge in [-0.25, -0.2) is 0 Å². The number of benzene rings is 1. The molecule has 104 valence electrons. The van der Waals surface area contributed by atoms with E-state index in [0.29, 0.717) is 29.4 Å². The largest absolute Gasteiger partial charge is 0.496 e. The molecule has 0 bridgehead atoms. The summed E-state index contributed by atoms with van der Waals surface area (Å²) >= 11 is 5.83. The van der Waals surface area contributed by atoms with E-state index in [1.165, 1.54) is 7.11 Å². The minimum absolute atomic E-state index is 0.150. The number of methoxy groups -OCH3 is 1. The van der Waals surface area contributed by atoms with Crippen LogP contribution >= 0.6 is 11.6 Å². The highest BCUT2D eigenvalue weighted by Gasteiger charge is 2.32. The van der Waals surface area contributed by atoms with Gasteiger partial charge in [-0.05, 0) is 18.2 Å². The van der Waals surface area contributed by atoms with Crippen molar-refractivity contribution in [2.45, 2.75) is 12.0 Å². The van der Waals surface area contributed by atoms with Gasteiger partial charge in [0.25, 0.3) is 5.91 Å². The second kappa shape index (κ2) is 5.77. The number of amides is 1. The highest BCUT2D eigenvalue weighted by Crippen LogP contribution is 2.23. The number of carbonyl (C=O) groups is 1. The highest BCUT2D eigenvalue weighted by molar-refractivity contribution is 6.30. The molecule has 2 N–H and O–H groups in total. The van der Waals surface area contributed by atoms with E-state index in [4.69, 9.17) is 21.1 Å². The van der Waals surface area contributed by atoms with Crippen LogP contribution < -0.4 is 10.1 Å². The molecule has 19 heavy (non-hydrogen) atoms. The SMILES string of the molecule is COc1cc(Cl)ccc1C(=O)NCC1(O)CCOC1. The Morgan fingerprint density at radius 2 is 2.42 bits per heavy atom. The molecule has 2 rings (SSSR count). The zero-order chi connectivity index (χ0) is 13.9. The van der Waals surface area contributed by atoms with E-state index in [1.807, 2.05) is 0 Å². The summed E-state index contributed by atoms with van der Waals surface area (Å²) in [5.74, 6) is 0.0912. The Labute approximate surface area is 116 Å². The van der Waals surface area contributed by atoms with Crippen LogP contribution in [0.3, 0.4) is 0 Å². The first-order valence-corrected chi connectivity index (χ1v) is 6.34. The van der Waals surface area contributed by atoms with E-state index in [1.54, 1.807) is 18.2 Å². The van der Waals surface area contributed by atoms with Gasteiger partial charge in [-0.3, -0.25) is 4.79 Å². The van der Waals surface area contributed by atoms with Gasteiger partial charge < -0.3 is 19.9 Å². The van der Waals surface area contributed by atoms with Gasteiger partial charge in [0.15, 0.2) is 0 Å². The molecule has 6 heteroatoms. The fraction of sp³-hybridized carbons (Fsp3) is 0.462. The van der Waals surface area contributed by atoms with Crippen molar-refractivity contribution in [2.24, 2.45) is 0 Å². The Hall–Kier alpha value is -1.30. The molecule has 1 atom stereocenters. The summed E-state index contributed by atoms with van der Waals surface area (Å²) < 4.78 is 10.2. The Morgan fingerprint density at radius 1 is 1.63 bits per heavy atom. The van der Waals surface area contributed by atoms with Crippen LogP contribution in [0.15, 0.2) is 18.2 Å². The highest BCUT2D eigenvalue weighted by atomic mass is 35.5. The van der Waals surface area contributed by atoms with E-state index in [2.05, 4.69) is 5.32 Å². The minimum atomic E-state index is -0.977. The smallest absolute Gasteiger partial charge is 0.255 e. The van der Waals surface area contributed by atoms with Crippen molar-refractivity contribution in [3.63, 3.8) is 0 Å². The molecule has 0 radical (unpaired) electrons. The summed E-state index contributed by atoms with van der Waals surface area (Å²) in [5, 5.41) is 13.2. The van der Waals surface area contributed by atoms with Gasteiger partial charge in [0.2, 0.25) is 0 Å². The monoisotopic (exact) mass is 285 g/mol. The predicted octanol–water partition coefficient (Wildman–Crippen LogP) is 1.23. The average Bonchev–Trinajstić information content (AvgIpc) is 2.83. The molecule has 0 aliphatic carbocycles. The first kappa shape index (κ1) is 14.1. The number of hydrogen-bond donors (Lipinski definition) is 2. The van der Waals surface area contributed by atoms with Crippen LogP contribution in [-0.2, 0) is 4.74 Å². The lowest BCUT2D eigenvalue weighted by Crippen LogP contribution is -2.43. The van der Waals surface area contributed by atoms with Crippen molar-refractivity contribution in [1.82, 2.24) is 5.32 Å². The van der Waals surface area contributed by atoms with Gasteiger partial charge in [-0.15, -0.1) is 0 Å². The van der Waals surface area contributed by atoms with Crippen LogP contribution in [0, 0.1) is 0 Å². The third-order valence-electron chi connectivity index (χ3n) is 3.07. The lowest BCUT2D eigenvalue weighted by molar-refractivity contribution is 0.0264. The molecule has 5 nitrogen and oxygen atoms in total. The van der Waals surface area contributed by atoms with Gasteiger partial charge in [-0.1, -0.05) is 11.6 Å². The summed E-state index contributed by atoms with van der Waals surface area (Å²) in [6, 6.07) is 4.78. The number of ether oxygens (including phenoxy) is 2. The van der Waals surface area contributed by atoms with Crippen LogP contribution in [-0.4, -0.2) is 43.5 Å². The maximum absolute atomic E-state index is 12.0. The fourth-order valence-corrected chi connectivity index (χ4v) is 2.09. The van der Waals surface area contributed by atoms with Crippen molar-refractivity contribution in [2.75, 3.05) is 26.9 Å². The van der Waals surface area contributed by atoms with Crippen LogP contribution in [0.25, 0.3) is 0 Å². The van der Waals surface area contributed by atoms with Gasteiger partial charge in [-0.2, -0.15) is 0 Å². The molecular formula is C13H16ClNO4. The Kier molecular flexibility index (Phi) is 4.29. The summed E-state index contributed by atoms with van der Waals surface area (Å²) in [6.45, 7) is 0.902. The normalized spacial score (nSPS) is 22.3. The van der Waals surface area contributed by atoms with Crippen LogP contribution in [0.5, 0.6) is 5.75 Å². The first-order chi connectivity index (χ1) is 9.04. The van der Waals surface area contributed by atoms with Crippen molar-refractivity contribution < 1.29 is 19.4 Å².